The van der Waals surface area contributed by atoms with Gasteiger partial charge in [0.05, 0.1) is 13.2 Å². The molecule has 0 radical (unpaired) electrons. The number of hydrogen-bond donors (Lipinski definition) is 1. The van der Waals surface area contributed by atoms with Crippen molar-refractivity contribution in [1.82, 2.24) is 0 Å². The Morgan fingerprint density at radius 2 is 1.77 bits per heavy atom. The van der Waals surface area contributed by atoms with E-state index in [4.69, 9.17) is 9.73 Å². The number of unbranched alkanes of at least 4 members (excludes halogenated alkanes) is 8. The first-order valence-electron chi connectivity index (χ1n) is 10.8. The van der Waals surface area contributed by atoms with Crippen molar-refractivity contribution in [3.05, 3.63) is 23.8 Å². The van der Waals surface area contributed by atoms with Crippen LogP contribution in [0.5, 0.6) is 5.75 Å². The maximum atomic E-state index is 5.42. The zero-order valence-electron chi connectivity index (χ0n) is 16.7. The van der Waals surface area contributed by atoms with Gasteiger partial charge in [-0.25, -0.2) is 0 Å². The van der Waals surface area contributed by atoms with E-state index in [1.54, 1.807) is 7.11 Å². The Bertz CT molecular complexity index is 596. The Morgan fingerprint density at radius 1 is 1.04 bits per heavy atom. The minimum atomic E-state index is 0.417. The molecule has 144 valence electrons. The second-order valence-corrected chi connectivity index (χ2v) is 7.92. The van der Waals surface area contributed by atoms with Crippen LogP contribution in [0.3, 0.4) is 0 Å². The lowest BCUT2D eigenvalue weighted by atomic mass is 9.85. The van der Waals surface area contributed by atoms with E-state index in [1.807, 2.05) is 0 Å². The Balaban J connectivity index is 1.41. The topological polar surface area (TPSA) is 33.6 Å². The van der Waals surface area contributed by atoms with Crippen LogP contribution >= 0.6 is 0 Å². The van der Waals surface area contributed by atoms with E-state index in [0.29, 0.717) is 12.0 Å². The van der Waals surface area contributed by atoms with E-state index in [-0.39, 0.29) is 0 Å². The Labute approximate surface area is 159 Å². The molecule has 2 atom stereocenters. The molecule has 0 bridgehead atoms. The summed E-state index contributed by atoms with van der Waals surface area (Å²) < 4.78 is 5.42. The highest BCUT2D eigenvalue weighted by atomic mass is 16.5. The second kappa shape index (κ2) is 9.99. The molecule has 1 aromatic rings. The first-order chi connectivity index (χ1) is 12.8. The van der Waals surface area contributed by atoms with E-state index in [2.05, 4.69) is 30.4 Å². The fourth-order valence-corrected chi connectivity index (χ4v) is 4.49. The molecule has 0 fully saturated rings. The molecule has 0 spiro atoms. The van der Waals surface area contributed by atoms with Crippen molar-refractivity contribution in [1.29, 1.82) is 0 Å². The third-order valence-corrected chi connectivity index (χ3v) is 6.02. The van der Waals surface area contributed by atoms with Crippen LogP contribution in [0.2, 0.25) is 0 Å². The molecule has 3 heteroatoms. The van der Waals surface area contributed by atoms with E-state index in [0.717, 1.165) is 25.1 Å². The first kappa shape index (κ1) is 19.3. The highest BCUT2D eigenvalue weighted by Gasteiger charge is 2.36. The molecule has 0 aromatic heterocycles. The monoisotopic (exact) mass is 356 g/mol. The molecule has 1 N–H and O–H groups in total. The van der Waals surface area contributed by atoms with Crippen LogP contribution in [0.25, 0.3) is 0 Å². The van der Waals surface area contributed by atoms with Gasteiger partial charge in [-0.3, -0.25) is 4.99 Å². The molecule has 2 heterocycles. The molecule has 0 amide bonds. The molecular formula is C23H36N2O. The maximum Gasteiger partial charge on any atom is 0.119 e. The van der Waals surface area contributed by atoms with Crippen molar-refractivity contribution >= 4 is 11.4 Å². The quantitative estimate of drug-likeness (QED) is 0.469. The number of fused-ring (bicyclic) bond motifs is 3. The van der Waals surface area contributed by atoms with Crippen LogP contribution in [0.1, 0.15) is 89.0 Å². The van der Waals surface area contributed by atoms with Gasteiger partial charge >= 0.3 is 0 Å². The molecule has 3 rings (SSSR count). The lowest BCUT2D eigenvalue weighted by molar-refractivity contribution is 0.414. The summed E-state index contributed by atoms with van der Waals surface area (Å²) >= 11 is 0. The van der Waals surface area contributed by atoms with Gasteiger partial charge in [-0.05, 0) is 43.0 Å². The van der Waals surface area contributed by atoms with Gasteiger partial charge in [0.1, 0.15) is 5.75 Å². The summed E-state index contributed by atoms with van der Waals surface area (Å²) in [7, 11) is 1.75. The van der Waals surface area contributed by atoms with Crippen molar-refractivity contribution in [2.75, 3.05) is 19.0 Å². The summed E-state index contributed by atoms with van der Waals surface area (Å²) in [5, 5.41) is 3.73. The number of rotatable bonds is 11. The number of hydrogen-bond acceptors (Lipinski definition) is 3. The van der Waals surface area contributed by atoms with Gasteiger partial charge in [-0.1, -0.05) is 58.3 Å². The highest BCUT2D eigenvalue weighted by molar-refractivity contribution is 5.95. The molecule has 1 aromatic carbocycles. The van der Waals surface area contributed by atoms with Gasteiger partial charge in [-0.15, -0.1) is 0 Å². The zero-order valence-corrected chi connectivity index (χ0v) is 16.7. The molecule has 2 aliphatic rings. The fourth-order valence-electron chi connectivity index (χ4n) is 4.49. The van der Waals surface area contributed by atoms with Gasteiger partial charge in [0.2, 0.25) is 0 Å². The summed E-state index contributed by atoms with van der Waals surface area (Å²) in [5.41, 5.74) is 4.11. The average molecular weight is 357 g/mol. The Hall–Kier alpha value is -1.51. The predicted molar refractivity (Wildman–Crippen MR) is 112 cm³/mol. The fraction of sp³-hybridized carbons (Fsp3) is 0.696. The summed E-state index contributed by atoms with van der Waals surface area (Å²) in [5.74, 6) is 1.54. The second-order valence-electron chi connectivity index (χ2n) is 7.92. The molecule has 0 saturated carbocycles. The minimum Gasteiger partial charge on any atom is -0.497 e. The van der Waals surface area contributed by atoms with Crippen molar-refractivity contribution in [2.24, 2.45) is 4.99 Å². The number of methoxy groups -OCH3 is 1. The van der Waals surface area contributed by atoms with Gasteiger partial charge < -0.3 is 10.1 Å². The van der Waals surface area contributed by atoms with Crippen LogP contribution in [-0.2, 0) is 0 Å². The lowest BCUT2D eigenvalue weighted by Gasteiger charge is -2.26. The van der Waals surface area contributed by atoms with Crippen LogP contribution in [0, 0.1) is 0 Å². The van der Waals surface area contributed by atoms with E-state index >= 15 is 0 Å². The molecular weight excluding hydrogens is 320 g/mol. The molecule has 0 saturated heterocycles. The predicted octanol–water partition coefficient (Wildman–Crippen LogP) is 6.34. The lowest BCUT2D eigenvalue weighted by Crippen LogP contribution is -2.34. The van der Waals surface area contributed by atoms with Gasteiger partial charge in [-0.2, -0.15) is 0 Å². The van der Waals surface area contributed by atoms with E-state index < -0.39 is 0 Å². The molecule has 0 aliphatic carbocycles. The van der Waals surface area contributed by atoms with Gasteiger partial charge in [0, 0.05) is 23.9 Å². The van der Waals surface area contributed by atoms with E-state index in [9.17, 15) is 0 Å². The highest BCUT2D eigenvalue weighted by Crippen LogP contribution is 2.42. The summed E-state index contributed by atoms with van der Waals surface area (Å²) in [6, 6.07) is 6.86. The van der Waals surface area contributed by atoms with Crippen molar-refractivity contribution < 1.29 is 4.74 Å². The normalized spacial score (nSPS) is 20.9. The number of anilines is 1. The Kier molecular flexibility index (Phi) is 7.40. The number of ether oxygens (including phenoxy) is 1. The number of nitrogens with one attached hydrogen (secondary N) is 1. The van der Waals surface area contributed by atoms with Crippen LogP contribution in [0.4, 0.5) is 5.69 Å². The summed E-state index contributed by atoms with van der Waals surface area (Å²) in [6.45, 7) is 3.26. The van der Waals surface area contributed by atoms with Crippen LogP contribution < -0.4 is 10.1 Å². The molecule has 0 unspecified atom stereocenters. The molecule has 2 aliphatic heterocycles. The third-order valence-electron chi connectivity index (χ3n) is 6.02. The SMILES string of the molecule is CCCCCCCCCCCC1=NCC[C@H]2c3cc(OC)ccc3N[C@H]12. The standard InChI is InChI=1S/C23H36N2O/c1-3-4-5-6-7-8-9-10-11-12-22-23-19(15-16-24-22)20-17-18(26-2)13-14-21(20)25-23/h13-14,17,19,23,25H,3-12,15-16H2,1-2H3/t19-,23-/m0/s1. The van der Waals surface area contributed by atoms with Crippen molar-refractivity contribution in [2.45, 2.75) is 89.5 Å². The average Bonchev–Trinajstić information content (AvgIpc) is 3.05. The number of aliphatic imine (C=N–C) groups is 1. The molecule has 3 nitrogen and oxygen atoms in total. The minimum absolute atomic E-state index is 0.417. The van der Waals surface area contributed by atoms with E-state index in [1.165, 1.54) is 74.7 Å². The largest absolute Gasteiger partial charge is 0.497 e. The number of benzene rings is 1. The van der Waals surface area contributed by atoms with Crippen molar-refractivity contribution in [3.63, 3.8) is 0 Å². The first-order valence-corrected chi connectivity index (χ1v) is 10.8. The molecule has 26 heavy (non-hydrogen) atoms. The summed E-state index contributed by atoms with van der Waals surface area (Å²) in [4.78, 5) is 4.89. The Morgan fingerprint density at radius 3 is 2.50 bits per heavy atom. The third kappa shape index (κ3) is 4.81. The smallest absolute Gasteiger partial charge is 0.119 e. The number of nitrogens with zero attached hydrogens (tertiary/aromatic N) is 1. The maximum absolute atomic E-state index is 5.42. The summed E-state index contributed by atoms with van der Waals surface area (Å²) in [6.07, 6.45) is 14.8. The van der Waals surface area contributed by atoms with Gasteiger partial charge in [0.15, 0.2) is 0 Å². The van der Waals surface area contributed by atoms with Crippen molar-refractivity contribution in [3.8, 4) is 5.75 Å². The van der Waals surface area contributed by atoms with Gasteiger partial charge in [0.25, 0.3) is 0 Å². The van der Waals surface area contributed by atoms with Crippen LogP contribution in [0.15, 0.2) is 23.2 Å². The van der Waals surface area contributed by atoms with Crippen LogP contribution in [-0.4, -0.2) is 25.4 Å². The zero-order chi connectivity index (χ0) is 18.2.